The van der Waals surface area contributed by atoms with E-state index in [9.17, 15) is 9.59 Å². The van der Waals surface area contributed by atoms with E-state index in [0.29, 0.717) is 18.4 Å². The van der Waals surface area contributed by atoms with E-state index < -0.39 is 0 Å². The van der Waals surface area contributed by atoms with Crippen LogP contribution in [0.25, 0.3) is 0 Å². The molecule has 1 saturated carbocycles. The number of carbonyl (C=O) groups is 2. The Morgan fingerprint density at radius 2 is 1.53 bits per heavy atom. The number of nitrogens with one attached hydrogen (secondary N) is 1. The summed E-state index contributed by atoms with van der Waals surface area (Å²) in [7, 11) is 0. The highest BCUT2D eigenvalue weighted by Crippen LogP contribution is 2.42. The fraction of sp³-hybridized carbons (Fsp3) is 0.517. The number of hydrogen-bond acceptors (Lipinski definition) is 2. The zero-order valence-electron chi connectivity index (χ0n) is 21.4. The van der Waals surface area contributed by atoms with E-state index in [-0.39, 0.29) is 24.0 Å². The lowest BCUT2D eigenvalue weighted by Gasteiger charge is -2.40. The van der Waals surface area contributed by atoms with Gasteiger partial charge in [-0.25, -0.2) is 4.79 Å². The van der Waals surface area contributed by atoms with Crippen LogP contribution < -0.4 is 10.2 Å². The van der Waals surface area contributed by atoms with Crippen molar-refractivity contribution in [3.63, 3.8) is 0 Å². The summed E-state index contributed by atoms with van der Waals surface area (Å²) >= 11 is 0. The van der Waals surface area contributed by atoms with Crippen molar-refractivity contribution in [1.29, 1.82) is 0 Å². The highest BCUT2D eigenvalue weighted by molar-refractivity contribution is 6.01. The Morgan fingerprint density at radius 3 is 2.09 bits per heavy atom. The summed E-state index contributed by atoms with van der Waals surface area (Å²) in [6.07, 6.45) is 5.42. The zero-order valence-corrected chi connectivity index (χ0v) is 21.4. The van der Waals surface area contributed by atoms with Gasteiger partial charge in [0.05, 0.1) is 5.54 Å². The number of aryl methyl sites for hydroxylation is 1. The summed E-state index contributed by atoms with van der Waals surface area (Å²) in [5, 5.41) is 3.19. The van der Waals surface area contributed by atoms with Gasteiger partial charge in [-0.1, -0.05) is 82.9 Å². The summed E-state index contributed by atoms with van der Waals surface area (Å²) < 4.78 is 0. The van der Waals surface area contributed by atoms with Crippen LogP contribution in [0.3, 0.4) is 0 Å². The molecule has 3 amide bonds. The first kappa shape index (κ1) is 24.3. The van der Waals surface area contributed by atoms with Gasteiger partial charge < -0.3 is 10.2 Å². The molecule has 1 aliphatic heterocycles. The van der Waals surface area contributed by atoms with Gasteiger partial charge in [-0.15, -0.1) is 0 Å². The molecule has 0 aromatic heterocycles. The van der Waals surface area contributed by atoms with Crippen molar-refractivity contribution in [3.8, 4) is 0 Å². The van der Waals surface area contributed by atoms with Gasteiger partial charge in [0, 0.05) is 17.9 Å². The minimum Gasteiger partial charge on any atom is -0.324 e. The molecule has 34 heavy (non-hydrogen) atoms. The molecule has 2 aromatic rings. The van der Waals surface area contributed by atoms with Crippen LogP contribution in [0.15, 0.2) is 42.5 Å². The van der Waals surface area contributed by atoms with Gasteiger partial charge in [-0.2, -0.15) is 0 Å². The molecule has 0 radical (unpaired) electrons. The van der Waals surface area contributed by atoms with E-state index in [1.807, 2.05) is 17.0 Å². The Balaban J connectivity index is 1.58. The summed E-state index contributed by atoms with van der Waals surface area (Å²) in [5.41, 5.74) is 5.08. The normalized spacial score (nSPS) is 17.8. The van der Waals surface area contributed by atoms with E-state index in [1.54, 1.807) is 4.90 Å². The minimum absolute atomic E-state index is 0.0536. The molecular weight excluding hydrogens is 422 g/mol. The summed E-state index contributed by atoms with van der Waals surface area (Å²) in [4.78, 5) is 30.7. The predicted molar refractivity (Wildman–Crippen MR) is 140 cm³/mol. The second kappa shape index (κ2) is 9.81. The number of amides is 3. The van der Waals surface area contributed by atoms with E-state index in [2.05, 4.69) is 70.3 Å². The van der Waals surface area contributed by atoms with Crippen LogP contribution in [0.4, 0.5) is 16.2 Å². The van der Waals surface area contributed by atoms with Crippen LogP contribution in [-0.2, 0) is 4.79 Å². The van der Waals surface area contributed by atoms with Gasteiger partial charge in [-0.3, -0.25) is 9.69 Å². The number of hydrogen-bond donors (Lipinski definition) is 1. The van der Waals surface area contributed by atoms with Gasteiger partial charge in [0.25, 0.3) is 0 Å². The topological polar surface area (TPSA) is 52.7 Å². The molecule has 1 saturated heterocycles. The van der Waals surface area contributed by atoms with Crippen LogP contribution in [0.2, 0.25) is 0 Å². The maximum atomic E-state index is 13.7. The Labute approximate surface area is 204 Å². The average molecular weight is 462 g/mol. The van der Waals surface area contributed by atoms with E-state index >= 15 is 0 Å². The molecule has 4 rings (SSSR count). The molecule has 0 unspecified atom stereocenters. The van der Waals surface area contributed by atoms with E-state index in [0.717, 1.165) is 48.2 Å². The quantitative estimate of drug-likeness (QED) is 0.513. The number of carbonyl (C=O) groups excluding carboxylic acids is 2. The largest absolute Gasteiger partial charge is 0.325 e. The first-order chi connectivity index (χ1) is 16.2. The van der Waals surface area contributed by atoms with Crippen LogP contribution in [-0.4, -0.2) is 35.5 Å². The molecular formula is C29H39N3O2. The molecule has 5 nitrogen and oxygen atoms in total. The third-order valence-corrected chi connectivity index (χ3v) is 7.47. The van der Waals surface area contributed by atoms with Crippen LogP contribution in [0.1, 0.15) is 88.3 Å². The fourth-order valence-electron chi connectivity index (χ4n) is 5.68. The maximum absolute atomic E-state index is 13.7. The number of nitrogens with zero attached hydrogens (tertiary/aromatic N) is 2. The monoisotopic (exact) mass is 461 g/mol. The van der Waals surface area contributed by atoms with Crippen LogP contribution in [0.5, 0.6) is 0 Å². The maximum Gasteiger partial charge on any atom is 0.325 e. The van der Waals surface area contributed by atoms with Gasteiger partial charge in [-0.05, 0) is 54.9 Å². The predicted octanol–water partition coefficient (Wildman–Crippen LogP) is 6.83. The molecule has 2 aliphatic rings. The third kappa shape index (κ3) is 4.70. The first-order valence-corrected chi connectivity index (χ1v) is 12.8. The third-order valence-electron chi connectivity index (χ3n) is 7.47. The molecule has 1 aliphatic carbocycles. The second-order valence-corrected chi connectivity index (χ2v) is 10.8. The van der Waals surface area contributed by atoms with Crippen molar-refractivity contribution in [2.45, 2.75) is 84.1 Å². The highest BCUT2D eigenvalue weighted by Gasteiger charge is 2.50. The summed E-state index contributed by atoms with van der Waals surface area (Å²) in [6, 6.07) is 14.4. The molecule has 0 bridgehead atoms. The van der Waals surface area contributed by atoms with Gasteiger partial charge in [0.2, 0.25) is 5.91 Å². The second-order valence-electron chi connectivity index (χ2n) is 10.8. The highest BCUT2D eigenvalue weighted by atomic mass is 16.2. The Kier molecular flexibility index (Phi) is 7.01. The Hall–Kier alpha value is -2.82. The molecule has 2 fully saturated rings. The molecule has 2 aromatic carbocycles. The molecule has 1 heterocycles. The minimum atomic E-state index is -0.218. The van der Waals surface area contributed by atoms with Gasteiger partial charge >= 0.3 is 6.03 Å². The van der Waals surface area contributed by atoms with Crippen molar-refractivity contribution in [2.75, 3.05) is 23.3 Å². The molecule has 1 spiro atoms. The molecule has 0 atom stereocenters. The first-order valence-electron chi connectivity index (χ1n) is 12.8. The van der Waals surface area contributed by atoms with Crippen molar-refractivity contribution in [1.82, 2.24) is 4.90 Å². The number of urea groups is 1. The summed E-state index contributed by atoms with van der Waals surface area (Å²) in [6.45, 7) is 11.3. The fourth-order valence-corrected chi connectivity index (χ4v) is 5.68. The number of benzene rings is 2. The summed E-state index contributed by atoms with van der Waals surface area (Å²) in [5.74, 6) is 0.468. The molecule has 182 valence electrons. The number of anilines is 2. The molecule has 1 N–H and O–H groups in total. The van der Waals surface area contributed by atoms with Crippen molar-refractivity contribution >= 4 is 23.3 Å². The van der Waals surface area contributed by atoms with Gasteiger partial charge in [0.1, 0.15) is 6.54 Å². The smallest absolute Gasteiger partial charge is 0.324 e. The lowest BCUT2D eigenvalue weighted by molar-refractivity contribution is -0.116. The number of para-hydroxylation sites is 1. The Bertz CT molecular complexity index is 1010. The van der Waals surface area contributed by atoms with Crippen molar-refractivity contribution in [2.24, 2.45) is 0 Å². The molecule has 5 heteroatoms. The van der Waals surface area contributed by atoms with Crippen LogP contribution >= 0.6 is 0 Å². The number of rotatable bonds is 6. The average Bonchev–Trinajstić information content (AvgIpc) is 3.04. The van der Waals surface area contributed by atoms with Crippen molar-refractivity contribution in [3.05, 3.63) is 59.2 Å². The standard InChI is InChI=1S/C29H39N3O2/c1-20(2)24-10-9-11-25(21(3)4)27(24)30-26(33)18-31-19-29(16-7-6-8-17-29)32(28(31)34)23-14-12-22(5)13-15-23/h9-15,20-21H,6-8,16-19H2,1-5H3,(H,30,33). The van der Waals surface area contributed by atoms with E-state index in [4.69, 9.17) is 0 Å². The zero-order chi connectivity index (χ0) is 24.5. The SMILES string of the molecule is Cc1ccc(N2C(=O)N(CC(=O)Nc3c(C(C)C)cccc3C(C)C)CC23CCCCC3)cc1. The lowest BCUT2D eigenvalue weighted by Crippen LogP contribution is -2.48. The Morgan fingerprint density at radius 1 is 0.941 bits per heavy atom. The van der Waals surface area contributed by atoms with Crippen molar-refractivity contribution < 1.29 is 9.59 Å². The lowest BCUT2D eigenvalue weighted by atomic mass is 9.81. The van der Waals surface area contributed by atoms with E-state index in [1.165, 1.54) is 12.0 Å². The van der Waals surface area contributed by atoms with Crippen LogP contribution in [0, 0.1) is 6.92 Å². The van der Waals surface area contributed by atoms with Gasteiger partial charge in [0.15, 0.2) is 0 Å².